The minimum Gasteiger partial charge on any atom is -0.453 e. The summed E-state index contributed by atoms with van der Waals surface area (Å²) in [7, 11) is 0. The van der Waals surface area contributed by atoms with Crippen molar-refractivity contribution in [1.82, 2.24) is 5.32 Å². The number of nitrogens with one attached hydrogen (secondary N) is 1. The third-order valence-electron chi connectivity index (χ3n) is 3.01. The van der Waals surface area contributed by atoms with Gasteiger partial charge < -0.3 is 14.5 Å². The molecule has 0 aliphatic heterocycles. The molecule has 1 heterocycles. The zero-order valence-corrected chi connectivity index (χ0v) is 15.2. The first-order chi connectivity index (χ1) is 10.6. The summed E-state index contributed by atoms with van der Waals surface area (Å²) < 4.78 is 11.6. The first-order valence-corrected chi connectivity index (χ1v) is 8.15. The van der Waals surface area contributed by atoms with Crippen molar-refractivity contribution in [3.8, 4) is 0 Å². The van der Waals surface area contributed by atoms with Crippen LogP contribution in [0.1, 0.15) is 44.7 Å². The van der Waals surface area contributed by atoms with Gasteiger partial charge in [-0.05, 0) is 52.0 Å². The Morgan fingerprint density at radius 2 is 2.00 bits per heavy atom. The van der Waals surface area contributed by atoms with Gasteiger partial charge in [0.2, 0.25) is 0 Å². The molecule has 2 aromatic rings. The molecule has 6 heteroatoms. The lowest BCUT2D eigenvalue weighted by molar-refractivity contribution is 0.0506. The van der Waals surface area contributed by atoms with E-state index in [4.69, 9.17) is 9.15 Å². The summed E-state index contributed by atoms with van der Waals surface area (Å²) in [6.07, 6.45) is -0.397. The topological polar surface area (TPSA) is 68.5 Å². The number of hydrogen-bond acceptors (Lipinski definition) is 4. The Morgan fingerprint density at radius 3 is 2.65 bits per heavy atom. The Bertz CT molecular complexity index is 730. The molecule has 2 rings (SSSR count). The second-order valence-electron chi connectivity index (χ2n) is 6.47. The summed E-state index contributed by atoms with van der Waals surface area (Å²) in [6, 6.07) is 6.91. The lowest BCUT2D eigenvalue weighted by atomic mass is 10.1. The molecule has 5 nitrogen and oxygen atoms in total. The van der Waals surface area contributed by atoms with Gasteiger partial charge in [0.1, 0.15) is 11.2 Å². The van der Waals surface area contributed by atoms with E-state index in [-0.39, 0.29) is 24.0 Å². The monoisotopic (exact) mass is 381 g/mol. The van der Waals surface area contributed by atoms with Gasteiger partial charge in [-0.3, -0.25) is 4.79 Å². The highest BCUT2D eigenvalue weighted by Gasteiger charge is 2.20. The standard InChI is InChI=1S/C17H20BrNO4/c1-10(19-16(21)23-17(2,3)4)7-13(20)15-9-11-8-12(18)5-6-14(11)22-15/h5-6,8-10H,7H2,1-4H3,(H,19,21). The molecular weight excluding hydrogens is 362 g/mol. The van der Waals surface area contributed by atoms with Crippen LogP contribution < -0.4 is 5.32 Å². The molecule has 0 fully saturated rings. The maximum atomic E-state index is 12.3. The number of ketones is 1. The number of halogens is 1. The van der Waals surface area contributed by atoms with Crippen LogP contribution in [-0.4, -0.2) is 23.5 Å². The molecule has 1 aromatic heterocycles. The Kier molecular flexibility index (Phi) is 5.14. The number of hydrogen-bond donors (Lipinski definition) is 1. The second-order valence-corrected chi connectivity index (χ2v) is 7.38. The third kappa shape index (κ3) is 5.10. The van der Waals surface area contributed by atoms with Crippen molar-refractivity contribution in [1.29, 1.82) is 0 Å². The highest BCUT2D eigenvalue weighted by atomic mass is 79.9. The SMILES string of the molecule is CC(CC(=O)c1cc2cc(Br)ccc2o1)NC(=O)OC(C)(C)C. The number of ether oxygens (including phenoxy) is 1. The molecule has 124 valence electrons. The lowest BCUT2D eigenvalue weighted by Gasteiger charge is -2.21. The Morgan fingerprint density at radius 1 is 1.30 bits per heavy atom. The summed E-state index contributed by atoms with van der Waals surface area (Å²) >= 11 is 3.38. The molecule has 0 spiro atoms. The summed E-state index contributed by atoms with van der Waals surface area (Å²) in [5, 5.41) is 3.51. The number of furan rings is 1. The average molecular weight is 382 g/mol. The van der Waals surface area contributed by atoms with Crippen LogP contribution in [0.2, 0.25) is 0 Å². The second kappa shape index (κ2) is 6.74. The maximum Gasteiger partial charge on any atom is 0.407 e. The maximum absolute atomic E-state index is 12.3. The number of carbonyl (C=O) groups is 2. The van der Waals surface area contributed by atoms with Crippen molar-refractivity contribution in [2.45, 2.75) is 45.8 Å². The van der Waals surface area contributed by atoms with Crippen molar-refractivity contribution in [2.75, 3.05) is 0 Å². The van der Waals surface area contributed by atoms with Gasteiger partial charge in [0, 0.05) is 22.3 Å². The Balaban J connectivity index is 1.98. The normalized spacial score (nSPS) is 12.9. The molecule has 1 atom stereocenters. The van der Waals surface area contributed by atoms with Crippen LogP contribution in [-0.2, 0) is 4.74 Å². The van der Waals surface area contributed by atoms with Gasteiger partial charge in [0.05, 0.1) is 0 Å². The van der Waals surface area contributed by atoms with Crippen molar-refractivity contribution < 1.29 is 18.7 Å². The number of rotatable bonds is 4. The van der Waals surface area contributed by atoms with Crippen molar-refractivity contribution in [3.63, 3.8) is 0 Å². The molecule has 1 amide bonds. The highest BCUT2D eigenvalue weighted by molar-refractivity contribution is 9.10. The zero-order valence-electron chi connectivity index (χ0n) is 13.6. The molecule has 0 saturated heterocycles. The van der Waals surface area contributed by atoms with E-state index >= 15 is 0 Å². The first kappa shape index (κ1) is 17.5. The van der Waals surface area contributed by atoms with E-state index in [0.29, 0.717) is 5.58 Å². The molecule has 0 radical (unpaired) electrons. The van der Waals surface area contributed by atoms with E-state index in [2.05, 4.69) is 21.2 Å². The van der Waals surface area contributed by atoms with Crippen LogP contribution >= 0.6 is 15.9 Å². The Labute approximate surface area is 143 Å². The van der Waals surface area contributed by atoms with Gasteiger partial charge in [0.15, 0.2) is 11.5 Å². The number of carbonyl (C=O) groups excluding carboxylic acids is 2. The van der Waals surface area contributed by atoms with Gasteiger partial charge in [-0.15, -0.1) is 0 Å². The van der Waals surface area contributed by atoms with Gasteiger partial charge in [-0.25, -0.2) is 4.79 Å². The fourth-order valence-electron chi connectivity index (χ4n) is 2.09. The largest absolute Gasteiger partial charge is 0.453 e. The smallest absolute Gasteiger partial charge is 0.407 e. The molecule has 0 bridgehead atoms. The molecule has 0 aliphatic carbocycles. The lowest BCUT2D eigenvalue weighted by Crippen LogP contribution is -2.38. The zero-order chi connectivity index (χ0) is 17.2. The fourth-order valence-corrected chi connectivity index (χ4v) is 2.47. The van der Waals surface area contributed by atoms with Crippen molar-refractivity contribution in [3.05, 3.63) is 34.5 Å². The van der Waals surface area contributed by atoms with Gasteiger partial charge in [-0.2, -0.15) is 0 Å². The Hall–Kier alpha value is -1.82. The average Bonchev–Trinajstić information content (AvgIpc) is 2.78. The molecule has 1 aromatic carbocycles. The van der Waals surface area contributed by atoms with Crippen LogP contribution in [0, 0.1) is 0 Å². The third-order valence-corrected chi connectivity index (χ3v) is 3.50. The van der Waals surface area contributed by atoms with Gasteiger partial charge in [-0.1, -0.05) is 15.9 Å². The van der Waals surface area contributed by atoms with E-state index in [1.54, 1.807) is 39.8 Å². The summed E-state index contributed by atoms with van der Waals surface area (Å²) in [4.78, 5) is 24.0. The summed E-state index contributed by atoms with van der Waals surface area (Å²) in [5.41, 5.74) is 0.0873. The minimum atomic E-state index is -0.570. The number of Topliss-reactive ketones (excluding diaryl/α,β-unsaturated/α-hetero) is 1. The van der Waals surface area contributed by atoms with E-state index in [1.807, 2.05) is 12.1 Å². The van der Waals surface area contributed by atoms with Crippen LogP contribution in [0.15, 0.2) is 33.2 Å². The first-order valence-electron chi connectivity index (χ1n) is 7.36. The van der Waals surface area contributed by atoms with Crippen molar-refractivity contribution in [2.24, 2.45) is 0 Å². The van der Waals surface area contributed by atoms with Gasteiger partial charge in [0.25, 0.3) is 0 Å². The molecule has 23 heavy (non-hydrogen) atoms. The van der Waals surface area contributed by atoms with Crippen LogP contribution in [0.4, 0.5) is 4.79 Å². The van der Waals surface area contributed by atoms with Gasteiger partial charge >= 0.3 is 6.09 Å². The molecule has 0 saturated carbocycles. The predicted octanol–water partition coefficient (Wildman–Crippen LogP) is 4.68. The number of benzene rings is 1. The molecule has 0 aliphatic rings. The van der Waals surface area contributed by atoms with Crippen LogP contribution in [0.5, 0.6) is 0 Å². The van der Waals surface area contributed by atoms with Crippen LogP contribution in [0.25, 0.3) is 11.0 Å². The minimum absolute atomic E-state index is 0.139. The van der Waals surface area contributed by atoms with E-state index in [1.165, 1.54) is 0 Å². The quantitative estimate of drug-likeness (QED) is 0.780. The predicted molar refractivity (Wildman–Crippen MR) is 91.7 cm³/mol. The van der Waals surface area contributed by atoms with E-state index < -0.39 is 11.7 Å². The molecule has 1 N–H and O–H groups in total. The summed E-state index contributed by atoms with van der Waals surface area (Å²) in [6.45, 7) is 7.11. The highest BCUT2D eigenvalue weighted by Crippen LogP contribution is 2.24. The molecule has 1 unspecified atom stereocenters. The van der Waals surface area contributed by atoms with E-state index in [9.17, 15) is 9.59 Å². The molecular formula is C17H20BrNO4. The number of amides is 1. The summed E-state index contributed by atoms with van der Waals surface area (Å²) in [5.74, 6) is 0.122. The fraction of sp³-hybridized carbons (Fsp3) is 0.412. The van der Waals surface area contributed by atoms with E-state index in [0.717, 1.165) is 9.86 Å². The van der Waals surface area contributed by atoms with Crippen LogP contribution in [0.3, 0.4) is 0 Å². The number of fused-ring (bicyclic) bond motifs is 1. The number of alkyl carbamates (subject to hydrolysis) is 1. The van der Waals surface area contributed by atoms with Crippen molar-refractivity contribution >= 4 is 38.8 Å².